The molecule has 0 unspecified atom stereocenters. The summed E-state index contributed by atoms with van der Waals surface area (Å²) < 4.78 is 0.688. The summed E-state index contributed by atoms with van der Waals surface area (Å²) in [6.45, 7) is 0. The molecule has 5 nitrogen and oxygen atoms in total. The Kier molecular flexibility index (Phi) is 4.24. The maximum Gasteiger partial charge on any atom is 0.258 e. The molecule has 0 aromatic carbocycles. The first kappa shape index (κ1) is 14.0. The fraction of sp³-hybridized carbons (Fsp3) is 0. The van der Waals surface area contributed by atoms with Crippen LogP contribution in [0.15, 0.2) is 29.0 Å². The van der Waals surface area contributed by atoms with Crippen molar-refractivity contribution in [3.05, 3.63) is 44.9 Å². The Morgan fingerprint density at radius 3 is 2.74 bits per heavy atom. The molecular formula is C11H7BrCl2N4O. The highest BCUT2D eigenvalue weighted by Gasteiger charge is 2.13. The van der Waals surface area contributed by atoms with Gasteiger partial charge in [-0.15, -0.1) is 0 Å². The molecule has 3 N–H and O–H groups in total. The third-order valence-electron chi connectivity index (χ3n) is 2.20. The zero-order valence-corrected chi connectivity index (χ0v) is 12.4. The van der Waals surface area contributed by atoms with Crippen LogP contribution < -0.4 is 11.1 Å². The second-order valence-electron chi connectivity index (χ2n) is 3.54. The number of nitrogens with zero attached hydrogens (tertiary/aromatic N) is 2. The molecule has 19 heavy (non-hydrogen) atoms. The van der Waals surface area contributed by atoms with Crippen LogP contribution in [0.25, 0.3) is 0 Å². The summed E-state index contributed by atoms with van der Waals surface area (Å²) in [5, 5.41) is 2.96. The average molecular weight is 362 g/mol. The molecule has 98 valence electrons. The van der Waals surface area contributed by atoms with E-state index >= 15 is 0 Å². The van der Waals surface area contributed by atoms with Crippen molar-refractivity contribution in [3.63, 3.8) is 0 Å². The van der Waals surface area contributed by atoms with Crippen molar-refractivity contribution in [2.45, 2.75) is 0 Å². The van der Waals surface area contributed by atoms with E-state index in [-0.39, 0.29) is 21.6 Å². The van der Waals surface area contributed by atoms with Crippen molar-refractivity contribution >= 4 is 56.4 Å². The van der Waals surface area contributed by atoms with Crippen LogP contribution in [0, 0.1) is 0 Å². The van der Waals surface area contributed by atoms with Crippen LogP contribution in [-0.2, 0) is 0 Å². The number of aromatic nitrogens is 2. The standard InChI is InChI=1S/C11H7BrCl2N4O/c12-5-1-8(10(14)17-3-5)18-11(19)6-2-9(13)16-4-7(6)15/h1-4H,15H2,(H,18,19). The van der Waals surface area contributed by atoms with Crippen molar-refractivity contribution < 1.29 is 4.79 Å². The quantitative estimate of drug-likeness (QED) is 0.803. The Morgan fingerprint density at radius 2 is 2.00 bits per heavy atom. The molecule has 0 aliphatic heterocycles. The lowest BCUT2D eigenvalue weighted by molar-refractivity contribution is 0.102. The van der Waals surface area contributed by atoms with E-state index in [1.54, 1.807) is 6.07 Å². The predicted octanol–water partition coefficient (Wildman–Crippen LogP) is 3.38. The Balaban J connectivity index is 2.30. The number of nitrogen functional groups attached to an aromatic ring is 1. The number of pyridine rings is 2. The number of anilines is 2. The second-order valence-corrected chi connectivity index (χ2v) is 5.20. The molecule has 2 aromatic rings. The Hall–Kier alpha value is -1.37. The molecule has 8 heteroatoms. The summed E-state index contributed by atoms with van der Waals surface area (Å²) in [4.78, 5) is 19.7. The van der Waals surface area contributed by atoms with Crippen molar-refractivity contribution in [2.24, 2.45) is 0 Å². The van der Waals surface area contributed by atoms with E-state index < -0.39 is 5.91 Å². The van der Waals surface area contributed by atoms with Crippen molar-refractivity contribution in [2.75, 3.05) is 11.1 Å². The molecule has 0 aliphatic carbocycles. The average Bonchev–Trinajstić information content (AvgIpc) is 2.36. The SMILES string of the molecule is Nc1cnc(Cl)cc1C(=O)Nc1cc(Br)cnc1Cl. The normalized spacial score (nSPS) is 10.3. The maximum atomic E-state index is 12.1. The number of halogens is 3. The van der Waals surface area contributed by atoms with Crippen molar-refractivity contribution in [1.82, 2.24) is 9.97 Å². The summed E-state index contributed by atoms with van der Waals surface area (Å²) in [7, 11) is 0. The van der Waals surface area contributed by atoms with Crippen LogP contribution >= 0.6 is 39.1 Å². The first-order valence-corrected chi connectivity index (χ1v) is 6.55. The lowest BCUT2D eigenvalue weighted by Gasteiger charge is -2.08. The van der Waals surface area contributed by atoms with E-state index in [9.17, 15) is 4.79 Å². The summed E-state index contributed by atoms with van der Waals surface area (Å²) in [5.74, 6) is -0.441. The molecule has 0 radical (unpaired) electrons. The topological polar surface area (TPSA) is 80.9 Å². The van der Waals surface area contributed by atoms with E-state index in [0.29, 0.717) is 10.2 Å². The minimum Gasteiger partial charge on any atom is -0.397 e. The number of hydrogen-bond donors (Lipinski definition) is 2. The van der Waals surface area contributed by atoms with Crippen LogP contribution in [0.4, 0.5) is 11.4 Å². The minimum absolute atomic E-state index is 0.176. The number of nitrogens with one attached hydrogen (secondary N) is 1. The number of amides is 1. The highest BCUT2D eigenvalue weighted by atomic mass is 79.9. The van der Waals surface area contributed by atoms with Crippen molar-refractivity contribution in [3.8, 4) is 0 Å². The van der Waals surface area contributed by atoms with Gasteiger partial charge in [0.2, 0.25) is 0 Å². The number of hydrogen-bond acceptors (Lipinski definition) is 4. The summed E-state index contributed by atoms with van der Waals surface area (Å²) >= 11 is 14.9. The van der Waals surface area contributed by atoms with Crippen LogP contribution in [-0.4, -0.2) is 15.9 Å². The van der Waals surface area contributed by atoms with Gasteiger partial charge in [-0.2, -0.15) is 0 Å². The molecule has 1 amide bonds. The van der Waals surface area contributed by atoms with Gasteiger partial charge in [0.25, 0.3) is 5.91 Å². The lowest BCUT2D eigenvalue weighted by Crippen LogP contribution is -2.15. The zero-order valence-electron chi connectivity index (χ0n) is 9.32. The minimum atomic E-state index is -0.441. The number of carbonyl (C=O) groups is 1. The molecule has 2 heterocycles. The van der Waals surface area contributed by atoms with Gasteiger partial charge >= 0.3 is 0 Å². The van der Waals surface area contributed by atoms with Gasteiger partial charge in [0.1, 0.15) is 5.15 Å². The molecule has 2 aromatic heterocycles. The molecule has 0 aliphatic rings. The lowest BCUT2D eigenvalue weighted by atomic mass is 10.2. The number of nitrogens with two attached hydrogens (primary N) is 1. The maximum absolute atomic E-state index is 12.1. The third-order valence-corrected chi connectivity index (χ3v) is 3.14. The Bertz CT molecular complexity index is 651. The van der Waals surface area contributed by atoms with Crippen LogP contribution in [0.1, 0.15) is 10.4 Å². The fourth-order valence-corrected chi connectivity index (χ4v) is 1.98. The smallest absolute Gasteiger partial charge is 0.258 e. The monoisotopic (exact) mass is 360 g/mol. The Labute approximate surface area is 127 Å². The van der Waals surface area contributed by atoms with Gasteiger partial charge in [0, 0.05) is 10.7 Å². The molecule has 0 bridgehead atoms. The van der Waals surface area contributed by atoms with Gasteiger partial charge in [0.05, 0.1) is 23.1 Å². The Morgan fingerprint density at radius 1 is 1.26 bits per heavy atom. The first-order chi connectivity index (χ1) is 8.97. The predicted molar refractivity (Wildman–Crippen MR) is 78.6 cm³/mol. The summed E-state index contributed by atoms with van der Waals surface area (Å²) in [6, 6.07) is 3.01. The van der Waals surface area contributed by atoms with Gasteiger partial charge in [-0.1, -0.05) is 23.2 Å². The third kappa shape index (κ3) is 3.34. The van der Waals surface area contributed by atoms with Gasteiger partial charge in [-0.05, 0) is 28.1 Å². The molecule has 0 saturated carbocycles. The fourth-order valence-electron chi connectivity index (χ4n) is 1.34. The molecule has 0 fully saturated rings. The van der Waals surface area contributed by atoms with Gasteiger partial charge in [0.15, 0.2) is 5.15 Å². The molecule has 0 spiro atoms. The van der Waals surface area contributed by atoms with Crippen LogP contribution in [0.2, 0.25) is 10.3 Å². The van der Waals surface area contributed by atoms with E-state index in [1.165, 1.54) is 18.5 Å². The van der Waals surface area contributed by atoms with Crippen molar-refractivity contribution in [1.29, 1.82) is 0 Å². The highest BCUT2D eigenvalue weighted by molar-refractivity contribution is 9.10. The van der Waals surface area contributed by atoms with E-state index in [0.717, 1.165) is 0 Å². The van der Waals surface area contributed by atoms with Crippen LogP contribution in [0.5, 0.6) is 0 Å². The molecule has 0 atom stereocenters. The number of carbonyl (C=O) groups excluding carboxylic acids is 1. The first-order valence-electron chi connectivity index (χ1n) is 5.01. The zero-order chi connectivity index (χ0) is 14.0. The van der Waals surface area contributed by atoms with Gasteiger partial charge in [-0.3, -0.25) is 4.79 Å². The van der Waals surface area contributed by atoms with E-state index in [1.807, 2.05) is 0 Å². The summed E-state index contributed by atoms with van der Waals surface area (Å²) in [6.07, 6.45) is 2.84. The summed E-state index contributed by atoms with van der Waals surface area (Å²) in [5.41, 5.74) is 6.48. The van der Waals surface area contributed by atoms with E-state index in [4.69, 9.17) is 28.9 Å². The largest absolute Gasteiger partial charge is 0.397 e. The van der Waals surface area contributed by atoms with E-state index in [2.05, 4.69) is 31.2 Å². The molecule has 0 saturated heterocycles. The number of rotatable bonds is 2. The second kappa shape index (κ2) is 5.73. The highest BCUT2D eigenvalue weighted by Crippen LogP contribution is 2.24. The molecule has 2 rings (SSSR count). The van der Waals surface area contributed by atoms with Crippen LogP contribution in [0.3, 0.4) is 0 Å². The van der Waals surface area contributed by atoms with Gasteiger partial charge in [-0.25, -0.2) is 9.97 Å². The van der Waals surface area contributed by atoms with Gasteiger partial charge < -0.3 is 11.1 Å². The molecular weight excluding hydrogens is 355 g/mol.